The number of aryl methyl sites for hydroxylation is 1. The fourth-order valence-corrected chi connectivity index (χ4v) is 3.40. The standard InChI is InChI=1S/C20H21F3N2O/c21-20(22,23)16-9-7-15(8-10-16)18-6-2-4-14-25(18)19(26)12-11-17-5-1-3-13-24-17/h1,3,5,7-10,13,18H,2,4,6,11-12,14H2. The lowest BCUT2D eigenvalue weighted by molar-refractivity contribution is -0.138. The number of hydrogen-bond acceptors (Lipinski definition) is 2. The van der Waals surface area contributed by atoms with Gasteiger partial charge in [0.05, 0.1) is 11.6 Å². The second kappa shape index (κ2) is 7.89. The number of likely N-dealkylation sites (tertiary alicyclic amines) is 1. The van der Waals surface area contributed by atoms with Gasteiger partial charge in [-0.05, 0) is 55.5 Å². The minimum Gasteiger partial charge on any atom is -0.336 e. The Hall–Kier alpha value is -2.37. The van der Waals surface area contributed by atoms with E-state index < -0.39 is 11.7 Å². The lowest BCUT2D eigenvalue weighted by Gasteiger charge is -2.36. The van der Waals surface area contributed by atoms with Crippen molar-refractivity contribution < 1.29 is 18.0 Å². The van der Waals surface area contributed by atoms with Crippen molar-refractivity contribution in [3.8, 4) is 0 Å². The molecule has 6 heteroatoms. The van der Waals surface area contributed by atoms with Crippen LogP contribution in [0.4, 0.5) is 13.2 Å². The smallest absolute Gasteiger partial charge is 0.336 e. The van der Waals surface area contributed by atoms with Gasteiger partial charge in [-0.2, -0.15) is 13.2 Å². The Labute approximate surface area is 150 Å². The van der Waals surface area contributed by atoms with Gasteiger partial charge in [0.1, 0.15) is 0 Å². The van der Waals surface area contributed by atoms with Crippen molar-refractivity contribution in [1.82, 2.24) is 9.88 Å². The third-order valence-electron chi connectivity index (χ3n) is 4.77. The summed E-state index contributed by atoms with van der Waals surface area (Å²) >= 11 is 0. The Morgan fingerprint density at radius 2 is 1.88 bits per heavy atom. The van der Waals surface area contributed by atoms with E-state index in [1.165, 1.54) is 12.1 Å². The van der Waals surface area contributed by atoms with E-state index in [1.807, 2.05) is 23.1 Å². The minimum atomic E-state index is -4.34. The largest absolute Gasteiger partial charge is 0.416 e. The number of pyridine rings is 1. The van der Waals surface area contributed by atoms with Gasteiger partial charge < -0.3 is 4.90 Å². The van der Waals surface area contributed by atoms with E-state index in [0.29, 0.717) is 19.4 Å². The molecule has 2 heterocycles. The average molecular weight is 362 g/mol. The predicted octanol–water partition coefficient (Wildman–Crippen LogP) is 4.79. The predicted molar refractivity (Wildman–Crippen MR) is 92.3 cm³/mol. The first kappa shape index (κ1) is 18.4. The molecule has 1 aromatic carbocycles. The average Bonchev–Trinajstić information content (AvgIpc) is 2.66. The number of rotatable bonds is 4. The summed E-state index contributed by atoms with van der Waals surface area (Å²) in [6, 6.07) is 10.6. The van der Waals surface area contributed by atoms with Crippen LogP contribution in [0.15, 0.2) is 48.7 Å². The highest BCUT2D eigenvalue weighted by atomic mass is 19.4. The number of carbonyl (C=O) groups excluding carboxylic acids is 1. The van der Waals surface area contributed by atoms with Gasteiger partial charge in [0.25, 0.3) is 0 Å². The van der Waals surface area contributed by atoms with Crippen LogP contribution in [0.3, 0.4) is 0 Å². The minimum absolute atomic E-state index is 0.0280. The number of hydrogen-bond donors (Lipinski definition) is 0. The maximum Gasteiger partial charge on any atom is 0.416 e. The van der Waals surface area contributed by atoms with E-state index in [4.69, 9.17) is 0 Å². The highest BCUT2D eigenvalue weighted by molar-refractivity contribution is 5.77. The van der Waals surface area contributed by atoms with Crippen molar-refractivity contribution >= 4 is 5.91 Å². The molecule has 3 nitrogen and oxygen atoms in total. The highest BCUT2D eigenvalue weighted by Crippen LogP contribution is 2.34. The van der Waals surface area contributed by atoms with E-state index in [2.05, 4.69) is 4.98 Å². The summed E-state index contributed by atoms with van der Waals surface area (Å²) in [5, 5.41) is 0. The van der Waals surface area contributed by atoms with Crippen LogP contribution in [0.5, 0.6) is 0 Å². The Balaban J connectivity index is 1.70. The van der Waals surface area contributed by atoms with E-state index in [0.717, 1.165) is 42.7 Å². The van der Waals surface area contributed by atoms with Crippen LogP contribution in [0.1, 0.15) is 48.5 Å². The molecule has 1 aliphatic heterocycles. The van der Waals surface area contributed by atoms with Gasteiger partial charge in [-0.15, -0.1) is 0 Å². The van der Waals surface area contributed by atoms with Crippen molar-refractivity contribution in [1.29, 1.82) is 0 Å². The van der Waals surface area contributed by atoms with Crippen molar-refractivity contribution in [3.63, 3.8) is 0 Å². The van der Waals surface area contributed by atoms with Crippen molar-refractivity contribution in [3.05, 3.63) is 65.5 Å². The first-order valence-electron chi connectivity index (χ1n) is 8.81. The quantitative estimate of drug-likeness (QED) is 0.784. The fourth-order valence-electron chi connectivity index (χ4n) is 3.40. The molecule has 26 heavy (non-hydrogen) atoms. The molecule has 0 bridgehead atoms. The van der Waals surface area contributed by atoms with Crippen LogP contribution in [0, 0.1) is 0 Å². The lowest BCUT2D eigenvalue weighted by atomic mass is 9.94. The Kier molecular flexibility index (Phi) is 5.59. The molecular weight excluding hydrogens is 341 g/mol. The number of aromatic nitrogens is 1. The first-order valence-corrected chi connectivity index (χ1v) is 8.81. The SMILES string of the molecule is O=C(CCc1ccccn1)N1CCCCC1c1ccc(C(F)(F)F)cc1. The molecule has 0 N–H and O–H groups in total. The van der Waals surface area contributed by atoms with Gasteiger partial charge in [-0.1, -0.05) is 18.2 Å². The van der Waals surface area contributed by atoms with Gasteiger partial charge in [0, 0.05) is 24.9 Å². The first-order chi connectivity index (χ1) is 12.4. The van der Waals surface area contributed by atoms with E-state index in [1.54, 1.807) is 6.20 Å². The second-order valence-electron chi connectivity index (χ2n) is 6.54. The lowest BCUT2D eigenvalue weighted by Crippen LogP contribution is -2.38. The molecule has 1 fully saturated rings. The van der Waals surface area contributed by atoms with Crippen LogP contribution in [0.25, 0.3) is 0 Å². The zero-order chi connectivity index (χ0) is 18.6. The van der Waals surface area contributed by atoms with Gasteiger partial charge in [-0.3, -0.25) is 9.78 Å². The molecule has 3 rings (SSSR count). The molecule has 1 atom stereocenters. The van der Waals surface area contributed by atoms with Gasteiger partial charge in [0.2, 0.25) is 5.91 Å². The van der Waals surface area contributed by atoms with Crippen molar-refractivity contribution in [2.45, 2.75) is 44.3 Å². The molecular formula is C20H21F3N2O. The molecule has 0 spiro atoms. The Morgan fingerprint density at radius 3 is 2.54 bits per heavy atom. The van der Waals surface area contributed by atoms with Crippen LogP contribution in [-0.4, -0.2) is 22.3 Å². The van der Waals surface area contributed by atoms with E-state index in [-0.39, 0.29) is 11.9 Å². The normalized spacial score (nSPS) is 18.0. The molecule has 1 unspecified atom stereocenters. The summed E-state index contributed by atoms with van der Waals surface area (Å²) in [6.07, 6.45) is 0.946. The topological polar surface area (TPSA) is 33.2 Å². The molecule has 1 saturated heterocycles. The maximum atomic E-state index is 12.8. The van der Waals surface area contributed by atoms with Crippen LogP contribution >= 0.6 is 0 Å². The number of benzene rings is 1. The molecule has 0 saturated carbocycles. The van der Waals surface area contributed by atoms with Gasteiger partial charge in [-0.25, -0.2) is 0 Å². The monoisotopic (exact) mass is 362 g/mol. The van der Waals surface area contributed by atoms with Crippen LogP contribution in [-0.2, 0) is 17.4 Å². The molecule has 0 radical (unpaired) electrons. The third kappa shape index (κ3) is 4.42. The number of amides is 1. The molecule has 138 valence electrons. The van der Waals surface area contributed by atoms with Gasteiger partial charge >= 0.3 is 6.18 Å². The molecule has 1 amide bonds. The summed E-state index contributed by atoms with van der Waals surface area (Å²) < 4.78 is 38.3. The van der Waals surface area contributed by atoms with E-state index >= 15 is 0 Å². The maximum absolute atomic E-state index is 12.8. The fraction of sp³-hybridized carbons (Fsp3) is 0.400. The highest BCUT2D eigenvalue weighted by Gasteiger charge is 2.32. The zero-order valence-corrected chi connectivity index (χ0v) is 14.4. The number of carbonyl (C=O) groups is 1. The van der Waals surface area contributed by atoms with Crippen molar-refractivity contribution in [2.75, 3.05) is 6.54 Å². The second-order valence-corrected chi connectivity index (χ2v) is 6.54. The summed E-state index contributed by atoms with van der Waals surface area (Å²) in [7, 11) is 0. The number of nitrogens with zero attached hydrogens (tertiary/aromatic N) is 2. The third-order valence-corrected chi connectivity index (χ3v) is 4.77. The molecule has 1 aromatic heterocycles. The number of alkyl halides is 3. The van der Waals surface area contributed by atoms with Gasteiger partial charge in [0.15, 0.2) is 0 Å². The summed E-state index contributed by atoms with van der Waals surface area (Å²) in [6.45, 7) is 0.646. The van der Waals surface area contributed by atoms with Crippen LogP contribution in [0.2, 0.25) is 0 Å². The number of halogens is 3. The summed E-state index contributed by atoms with van der Waals surface area (Å²) in [4.78, 5) is 18.7. The van der Waals surface area contributed by atoms with E-state index in [9.17, 15) is 18.0 Å². The van der Waals surface area contributed by atoms with Crippen LogP contribution < -0.4 is 0 Å². The molecule has 2 aromatic rings. The molecule has 0 aliphatic carbocycles. The summed E-state index contributed by atoms with van der Waals surface area (Å²) in [5.74, 6) is 0.0280. The van der Waals surface area contributed by atoms with Crippen molar-refractivity contribution in [2.24, 2.45) is 0 Å². The zero-order valence-electron chi connectivity index (χ0n) is 14.4. The number of piperidine rings is 1. The Bertz CT molecular complexity index is 729. The molecule has 1 aliphatic rings. The summed E-state index contributed by atoms with van der Waals surface area (Å²) in [5.41, 5.74) is 0.970. The Morgan fingerprint density at radius 1 is 1.12 bits per heavy atom.